The van der Waals surface area contributed by atoms with Crippen LogP contribution in [0.1, 0.15) is 10.4 Å². The molecule has 4 N–H and O–H groups in total. The average molecular weight is 399 g/mol. The smallest absolute Gasteiger partial charge is 0.263 e. The largest absolute Gasteiger partial charge is 0.381 e. The Bertz CT molecular complexity index is 1060. The first-order chi connectivity index (χ1) is 14.0. The van der Waals surface area contributed by atoms with Crippen LogP contribution in [-0.2, 0) is 0 Å². The number of nitrogens with two attached hydrogens (primary N) is 1. The molecule has 152 valence electrons. The van der Waals surface area contributed by atoms with Crippen LogP contribution in [0.15, 0.2) is 24.7 Å². The number of likely N-dealkylation sites (N-methyl/N-ethyl adjacent to an activating group) is 1. The van der Waals surface area contributed by atoms with E-state index in [0.29, 0.717) is 11.5 Å². The molecule has 0 aromatic carbocycles. The number of rotatable bonds is 4. The second-order valence-corrected chi connectivity index (χ2v) is 6.88. The van der Waals surface area contributed by atoms with Crippen molar-refractivity contribution in [2.45, 2.75) is 0 Å². The maximum atomic E-state index is 13.4. The van der Waals surface area contributed by atoms with E-state index >= 15 is 0 Å². The molecule has 0 radical (unpaired) electrons. The lowest BCUT2D eigenvalue weighted by Gasteiger charge is -2.35. The zero-order valence-corrected chi connectivity index (χ0v) is 16.2. The van der Waals surface area contributed by atoms with Crippen molar-refractivity contribution in [3.63, 3.8) is 0 Å². The van der Waals surface area contributed by atoms with E-state index in [-0.39, 0.29) is 17.0 Å². The van der Waals surface area contributed by atoms with Gasteiger partial charge < -0.3 is 26.2 Å². The molecule has 3 aromatic heterocycles. The molecule has 0 spiro atoms. The number of pyridine rings is 1. The van der Waals surface area contributed by atoms with Crippen LogP contribution in [0.25, 0.3) is 5.65 Å². The number of halogens is 1. The minimum atomic E-state index is -0.573. The summed E-state index contributed by atoms with van der Waals surface area (Å²) in [5.41, 5.74) is 7.59. The lowest BCUT2D eigenvalue weighted by Crippen LogP contribution is -2.44. The highest BCUT2D eigenvalue weighted by atomic mass is 19.1. The molecule has 0 bridgehead atoms. The van der Waals surface area contributed by atoms with Crippen LogP contribution >= 0.6 is 0 Å². The normalized spacial score (nSPS) is 14.9. The molecular weight excluding hydrogens is 377 g/mol. The molecular formula is C18H22FN9O. The lowest BCUT2D eigenvalue weighted by atomic mass is 10.2. The summed E-state index contributed by atoms with van der Waals surface area (Å²) in [7, 11) is 3.87. The molecule has 4 heterocycles. The SMILES string of the molecule is CNc1cc(N2CCN(C)CC2)c(NC(=O)c2c(N)nn3cc(F)cnc23)cn1. The van der Waals surface area contributed by atoms with Gasteiger partial charge in [0.2, 0.25) is 0 Å². The number of fused-ring (bicyclic) bond motifs is 1. The van der Waals surface area contributed by atoms with Crippen molar-refractivity contribution in [1.82, 2.24) is 24.5 Å². The summed E-state index contributed by atoms with van der Waals surface area (Å²) in [5, 5.41) is 9.87. The standard InChI is InChI=1S/C18H22FN9O/c1-21-14-7-13(27-5-3-26(2)4-6-27)12(9-22-14)24-18(29)15-16(20)25-28-10-11(19)8-23-17(15)28/h7-10H,3-6H2,1-2H3,(H2,20,25)(H,21,22)(H,24,29). The number of nitrogens with one attached hydrogen (secondary N) is 2. The van der Waals surface area contributed by atoms with Crippen LogP contribution in [0.2, 0.25) is 0 Å². The van der Waals surface area contributed by atoms with Gasteiger partial charge in [-0.1, -0.05) is 0 Å². The van der Waals surface area contributed by atoms with E-state index in [1.54, 1.807) is 13.2 Å². The lowest BCUT2D eigenvalue weighted by molar-refractivity contribution is 0.102. The molecule has 1 amide bonds. The van der Waals surface area contributed by atoms with Gasteiger partial charge in [0, 0.05) is 39.3 Å². The van der Waals surface area contributed by atoms with Gasteiger partial charge >= 0.3 is 0 Å². The van der Waals surface area contributed by atoms with Gasteiger partial charge in [0.1, 0.15) is 11.4 Å². The second kappa shape index (κ2) is 7.51. The van der Waals surface area contributed by atoms with Gasteiger partial charge in [0.05, 0.1) is 30.0 Å². The van der Waals surface area contributed by atoms with E-state index in [0.717, 1.165) is 48.8 Å². The second-order valence-electron chi connectivity index (χ2n) is 6.88. The van der Waals surface area contributed by atoms with Gasteiger partial charge in [0.15, 0.2) is 17.3 Å². The van der Waals surface area contributed by atoms with Crippen molar-refractivity contribution in [3.05, 3.63) is 36.0 Å². The zero-order valence-electron chi connectivity index (χ0n) is 16.2. The molecule has 4 rings (SSSR count). The third-order valence-corrected chi connectivity index (χ3v) is 4.93. The Labute approximate surface area is 166 Å². The van der Waals surface area contributed by atoms with Crippen LogP contribution in [0.5, 0.6) is 0 Å². The summed E-state index contributed by atoms with van der Waals surface area (Å²) in [4.78, 5) is 25.7. The van der Waals surface area contributed by atoms with Crippen LogP contribution < -0.4 is 21.3 Å². The van der Waals surface area contributed by atoms with Gasteiger partial charge in [0.25, 0.3) is 5.91 Å². The van der Waals surface area contributed by atoms with Crippen molar-refractivity contribution in [1.29, 1.82) is 0 Å². The highest BCUT2D eigenvalue weighted by molar-refractivity contribution is 6.12. The summed E-state index contributed by atoms with van der Waals surface area (Å²) in [6.07, 6.45) is 3.74. The Balaban J connectivity index is 1.67. The van der Waals surface area contributed by atoms with Gasteiger partial charge in [-0.15, -0.1) is 5.10 Å². The molecule has 3 aromatic rings. The van der Waals surface area contributed by atoms with E-state index in [2.05, 4.69) is 42.5 Å². The van der Waals surface area contributed by atoms with Crippen molar-refractivity contribution in [2.75, 3.05) is 61.5 Å². The van der Waals surface area contributed by atoms with E-state index in [4.69, 9.17) is 5.73 Å². The number of hydrogen-bond acceptors (Lipinski definition) is 8. The molecule has 29 heavy (non-hydrogen) atoms. The predicted molar refractivity (Wildman–Crippen MR) is 109 cm³/mol. The summed E-state index contributed by atoms with van der Waals surface area (Å²) >= 11 is 0. The van der Waals surface area contributed by atoms with Crippen LogP contribution in [0.3, 0.4) is 0 Å². The van der Waals surface area contributed by atoms with Crippen molar-refractivity contribution in [3.8, 4) is 0 Å². The molecule has 11 heteroatoms. The minimum absolute atomic E-state index is 0.0263. The average Bonchev–Trinajstić information content (AvgIpc) is 3.03. The highest BCUT2D eigenvalue weighted by Gasteiger charge is 2.23. The van der Waals surface area contributed by atoms with Gasteiger partial charge in [-0.25, -0.2) is 18.9 Å². The van der Waals surface area contributed by atoms with E-state index in [9.17, 15) is 9.18 Å². The first kappa shape index (κ1) is 18.9. The monoisotopic (exact) mass is 399 g/mol. The molecule has 0 unspecified atom stereocenters. The van der Waals surface area contributed by atoms with Gasteiger partial charge in [-0.3, -0.25) is 4.79 Å². The highest BCUT2D eigenvalue weighted by Crippen LogP contribution is 2.30. The van der Waals surface area contributed by atoms with Gasteiger partial charge in [-0.05, 0) is 7.05 Å². The molecule has 0 saturated carbocycles. The van der Waals surface area contributed by atoms with Crippen molar-refractivity contribution >= 4 is 34.6 Å². The predicted octanol–water partition coefficient (Wildman–Crippen LogP) is 0.891. The Morgan fingerprint density at radius 3 is 2.69 bits per heavy atom. The van der Waals surface area contributed by atoms with Crippen LogP contribution in [0.4, 0.5) is 27.4 Å². The summed E-state index contributed by atoms with van der Waals surface area (Å²) in [5.74, 6) is -0.381. The Hall–Kier alpha value is -3.47. The Kier molecular flexibility index (Phi) is 4.89. The summed E-state index contributed by atoms with van der Waals surface area (Å²) < 4.78 is 14.6. The van der Waals surface area contributed by atoms with E-state index in [1.807, 2.05) is 6.07 Å². The molecule has 1 fully saturated rings. The number of amides is 1. The van der Waals surface area contributed by atoms with Crippen molar-refractivity contribution < 1.29 is 9.18 Å². The van der Waals surface area contributed by atoms with Crippen LogP contribution in [0, 0.1) is 5.82 Å². The fourth-order valence-corrected chi connectivity index (χ4v) is 3.32. The first-order valence-electron chi connectivity index (χ1n) is 9.18. The molecule has 0 aliphatic carbocycles. The number of carbonyl (C=O) groups is 1. The summed E-state index contributed by atoms with van der Waals surface area (Å²) in [6, 6.07) is 1.90. The van der Waals surface area contributed by atoms with E-state index in [1.165, 1.54) is 0 Å². The number of nitrogen functional groups attached to an aromatic ring is 1. The molecule has 10 nitrogen and oxygen atoms in total. The number of aromatic nitrogens is 4. The minimum Gasteiger partial charge on any atom is -0.381 e. The number of carbonyl (C=O) groups excluding carboxylic acids is 1. The Morgan fingerprint density at radius 1 is 1.21 bits per heavy atom. The summed E-state index contributed by atoms with van der Waals surface area (Å²) in [6.45, 7) is 3.49. The van der Waals surface area contributed by atoms with Crippen LogP contribution in [-0.4, -0.2) is 70.7 Å². The third kappa shape index (κ3) is 3.63. The fourth-order valence-electron chi connectivity index (χ4n) is 3.32. The number of anilines is 4. The molecule has 0 atom stereocenters. The topological polar surface area (TPSA) is 117 Å². The number of nitrogens with zero attached hydrogens (tertiary/aromatic N) is 6. The quantitative estimate of drug-likeness (QED) is 0.592. The third-order valence-electron chi connectivity index (χ3n) is 4.93. The van der Waals surface area contributed by atoms with E-state index < -0.39 is 11.7 Å². The van der Waals surface area contributed by atoms with Crippen molar-refractivity contribution in [2.24, 2.45) is 0 Å². The fraction of sp³-hybridized carbons (Fsp3) is 0.333. The zero-order chi connectivity index (χ0) is 20.5. The molecule has 1 saturated heterocycles. The molecule has 1 aliphatic heterocycles. The number of hydrogen-bond donors (Lipinski definition) is 3. The maximum Gasteiger partial charge on any atom is 0.263 e. The van der Waals surface area contributed by atoms with Gasteiger partial charge in [-0.2, -0.15) is 0 Å². The number of piperazine rings is 1. The first-order valence-corrected chi connectivity index (χ1v) is 9.18. The molecule has 1 aliphatic rings. The maximum absolute atomic E-state index is 13.4. The Morgan fingerprint density at radius 2 is 1.97 bits per heavy atom.